The molecular formula is C22H35N3O. The molecule has 2 saturated heterocycles. The summed E-state index contributed by atoms with van der Waals surface area (Å²) in [6.45, 7) is 6.63. The van der Waals surface area contributed by atoms with Gasteiger partial charge in [-0.05, 0) is 63.6 Å². The van der Waals surface area contributed by atoms with Crippen molar-refractivity contribution in [2.45, 2.75) is 64.1 Å². The van der Waals surface area contributed by atoms with Gasteiger partial charge in [0.25, 0.3) is 0 Å². The Kier molecular flexibility index (Phi) is 7.09. The van der Waals surface area contributed by atoms with E-state index in [9.17, 15) is 4.79 Å². The molecule has 0 spiro atoms. The van der Waals surface area contributed by atoms with E-state index < -0.39 is 0 Å². The number of carbonyl (C=O) groups excluding carboxylic acids is 1. The predicted octanol–water partition coefficient (Wildman–Crippen LogP) is 3.28. The summed E-state index contributed by atoms with van der Waals surface area (Å²) in [5.74, 6) is 1.08. The van der Waals surface area contributed by atoms with Crippen LogP contribution in [0, 0.1) is 5.92 Å². The van der Waals surface area contributed by atoms with Crippen LogP contribution in [-0.2, 0) is 11.3 Å². The minimum atomic E-state index is 0.345. The first kappa shape index (κ1) is 19.4. The van der Waals surface area contributed by atoms with Crippen LogP contribution < -0.4 is 5.32 Å². The van der Waals surface area contributed by atoms with E-state index in [1.807, 2.05) is 7.05 Å². The van der Waals surface area contributed by atoms with Gasteiger partial charge >= 0.3 is 0 Å². The number of nitrogens with one attached hydrogen (secondary N) is 1. The van der Waals surface area contributed by atoms with Gasteiger partial charge in [0.1, 0.15) is 0 Å². The van der Waals surface area contributed by atoms with E-state index >= 15 is 0 Å². The summed E-state index contributed by atoms with van der Waals surface area (Å²) in [5, 5.41) is 3.40. The summed E-state index contributed by atoms with van der Waals surface area (Å²) < 4.78 is 0. The highest BCUT2D eigenvalue weighted by Gasteiger charge is 2.30. The van der Waals surface area contributed by atoms with Crippen LogP contribution >= 0.6 is 0 Å². The number of likely N-dealkylation sites (tertiary alicyclic amines) is 1. The fraction of sp³-hybridized carbons (Fsp3) is 0.682. The monoisotopic (exact) mass is 357 g/mol. The van der Waals surface area contributed by atoms with Crippen LogP contribution in [0.4, 0.5) is 0 Å². The van der Waals surface area contributed by atoms with E-state index in [0.717, 1.165) is 57.8 Å². The molecule has 2 aliphatic heterocycles. The van der Waals surface area contributed by atoms with Crippen molar-refractivity contribution in [2.75, 3.05) is 26.7 Å². The maximum absolute atomic E-state index is 12.7. The van der Waals surface area contributed by atoms with Crippen molar-refractivity contribution >= 4 is 5.91 Å². The number of amides is 1. The van der Waals surface area contributed by atoms with E-state index in [-0.39, 0.29) is 0 Å². The van der Waals surface area contributed by atoms with Gasteiger partial charge in [-0.15, -0.1) is 0 Å². The molecule has 0 bridgehead atoms. The number of rotatable bonds is 6. The summed E-state index contributed by atoms with van der Waals surface area (Å²) in [5.41, 5.74) is 1.38. The molecule has 4 heteroatoms. The van der Waals surface area contributed by atoms with E-state index in [1.54, 1.807) is 0 Å². The van der Waals surface area contributed by atoms with Gasteiger partial charge in [-0.25, -0.2) is 0 Å². The Bertz CT molecular complexity index is 556. The lowest BCUT2D eigenvalue weighted by atomic mass is 9.92. The Morgan fingerprint density at radius 1 is 1.19 bits per heavy atom. The molecule has 1 aromatic rings. The predicted molar refractivity (Wildman–Crippen MR) is 107 cm³/mol. The van der Waals surface area contributed by atoms with Crippen LogP contribution in [0.2, 0.25) is 0 Å². The quantitative estimate of drug-likeness (QED) is 0.849. The molecular weight excluding hydrogens is 322 g/mol. The van der Waals surface area contributed by atoms with Crippen molar-refractivity contribution in [2.24, 2.45) is 5.92 Å². The van der Waals surface area contributed by atoms with Gasteiger partial charge in [0.2, 0.25) is 5.91 Å². The fourth-order valence-electron chi connectivity index (χ4n) is 4.48. The second kappa shape index (κ2) is 9.52. The Morgan fingerprint density at radius 2 is 1.92 bits per heavy atom. The highest BCUT2D eigenvalue weighted by molar-refractivity contribution is 5.76. The van der Waals surface area contributed by atoms with E-state index in [4.69, 9.17) is 0 Å². The Labute approximate surface area is 158 Å². The van der Waals surface area contributed by atoms with Crippen LogP contribution in [-0.4, -0.2) is 54.5 Å². The number of carbonyl (C=O) groups is 1. The summed E-state index contributed by atoms with van der Waals surface area (Å²) in [6.07, 6.45) is 6.42. The van der Waals surface area contributed by atoms with Gasteiger partial charge < -0.3 is 10.2 Å². The summed E-state index contributed by atoms with van der Waals surface area (Å²) in [7, 11) is 2.02. The molecule has 26 heavy (non-hydrogen) atoms. The number of nitrogens with zero attached hydrogens (tertiary/aromatic N) is 2. The SMILES string of the molecule is CC1CC(N(C)C(=O)CCC2CCNCC2)CCN1Cc1ccccc1. The largest absolute Gasteiger partial charge is 0.343 e. The van der Waals surface area contributed by atoms with E-state index in [2.05, 4.69) is 52.4 Å². The number of piperidine rings is 2. The van der Waals surface area contributed by atoms with E-state index in [1.165, 1.54) is 18.4 Å². The Balaban J connectivity index is 1.44. The van der Waals surface area contributed by atoms with Crippen molar-refractivity contribution < 1.29 is 4.79 Å². The molecule has 3 rings (SSSR count). The van der Waals surface area contributed by atoms with Gasteiger partial charge in [-0.1, -0.05) is 30.3 Å². The van der Waals surface area contributed by atoms with Crippen molar-refractivity contribution in [3.05, 3.63) is 35.9 Å². The normalized spacial score (nSPS) is 25.2. The molecule has 4 nitrogen and oxygen atoms in total. The molecule has 2 fully saturated rings. The first-order valence-electron chi connectivity index (χ1n) is 10.4. The second-order valence-electron chi connectivity index (χ2n) is 8.22. The van der Waals surface area contributed by atoms with Crippen LogP contribution in [0.3, 0.4) is 0 Å². The zero-order chi connectivity index (χ0) is 18.4. The van der Waals surface area contributed by atoms with Crippen molar-refractivity contribution in [1.29, 1.82) is 0 Å². The highest BCUT2D eigenvalue weighted by Crippen LogP contribution is 2.24. The van der Waals surface area contributed by atoms with Crippen molar-refractivity contribution in [3.8, 4) is 0 Å². The molecule has 2 atom stereocenters. The lowest BCUT2D eigenvalue weighted by Crippen LogP contribution is -2.49. The smallest absolute Gasteiger partial charge is 0.222 e. The highest BCUT2D eigenvalue weighted by atomic mass is 16.2. The lowest BCUT2D eigenvalue weighted by molar-refractivity contribution is -0.133. The van der Waals surface area contributed by atoms with Crippen molar-refractivity contribution in [1.82, 2.24) is 15.1 Å². The topological polar surface area (TPSA) is 35.6 Å². The van der Waals surface area contributed by atoms with Gasteiger partial charge in [0.15, 0.2) is 0 Å². The fourth-order valence-corrected chi connectivity index (χ4v) is 4.48. The third-order valence-electron chi connectivity index (χ3n) is 6.38. The molecule has 144 valence electrons. The molecule has 2 aliphatic rings. The standard InChI is InChI=1S/C22H35N3O/c1-18-16-21(12-15-25(18)17-20-6-4-3-5-7-20)24(2)22(26)9-8-19-10-13-23-14-11-19/h3-7,18-19,21,23H,8-17H2,1-2H3. The minimum Gasteiger partial charge on any atom is -0.343 e. The van der Waals surface area contributed by atoms with Crippen LogP contribution in [0.15, 0.2) is 30.3 Å². The van der Waals surface area contributed by atoms with Crippen LogP contribution in [0.25, 0.3) is 0 Å². The third kappa shape index (κ3) is 5.31. The Hall–Kier alpha value is -1.39. The van der Waals surface area contributed by atoms with E-state index in [0.29, 0.717) is 18.0 Å². The molecule has 0 radical (unpaired) electrons. The first-order valence-corrected chi connectivity index (χ1v) is 10.4. The number of hydrogen-bond donors (Lipinski definition) is 1. The van der Waals surface area contributed by atoms with Crippen LogP contribution in [0.5, 0.6) is 0 Å². The maximum Gasteiger partial charge on any atom is 0.222 e. The molecule has 1 amide bonds. The number of benzene rings is 1. The molecule has 1 aromatic carbocycles. The first-order chi connectivity index (χ1) is 12.6. The zero-order valence-electron chi connectivity index (χ0n) is 16.5. The maximum atomic E-state index is 12.7. The van der Waals surface area contributed by atoms with Crippen LogP contribution in [0.1, 0.15) is 51.0 Å². The molecule has 0 aromatic heterocycles. The third-order valence-corrected chi connectivity index (χ3v) is 6.38. The summed E-state index contributed by atoms with van der Waals surface area (Å²) in [4.78, 5) is 17.3. The molecule has 2 heterocycles. The number of hydrogen-bond acceptors (Lipinski definition) is 3. The van der Waals surface area contributed by atoms with Crippen molar-refractivity contribution in [3.63, 3.8) is 0 Å². The average Bonchev–Trinajstić information content (AvgIpc) is 2.68. The molecule has 2 unspecified atom stereocenters. The zero-order valence-corrected chi connectivity index (χ0v) is 16.5. The van der Waals surface area contributed by atoms with Gasteiger partial charge in [0, 0.05) is 38.6 Å². The van der Waals surface area contributed by atoms with Gasteiger partial charge in [-0.2, -0.15) is 0 Å². The van der Waals surface area contributed by atoms with Gasteiger partial charge in [0.05, 0.1) is 0 Å². The molecule has 1 N–H and O–H groups in total. The summed E-state index contributed by atoms with van der Waals surface area (Å²) >= 11 is 0. The summed E-state index contributed by atoms with van der Waals surface area (Å²) in [6, 6.07) is 11.6. The molecule has 0 aliphatic carbocycles. The van der Waals surface area contributed by atoms with Gasteiger partial charge in [-0.3, -0.25) is 9.69 Å². The minimum absolute atomic E-state index is 0.345. The average molecular weight is 358 g/mol. The lowest BCUT2D eigenvalue weighted by Gasteiger charge is -2.41. The second-order valence-corrected chi connectivity index (χ2v) is 8.22. The Morgan fingerprint density at radius 3 is 2.62 bits per heavy atom. The molecule has 0 saturated carbocycles.